The molecule has 96 valence electrons. The highest BCUT2D eigenvalue weighted by atomic mass is 32.1. The lowest BCUT2D eigenvalue weighted by Crippen LogP contribution is -2.43. The van der Waals surface area contributed by atoms with Gasteiger partial charge in [0.05, 0.1) is 19.1 Å². The van der Waals surface area contributed by atoms with Crippen LogP contribution in [-0.4, -0.2) is 30.4 Å². The third-order valence-corrected chi connectivity index (χ3v) is 4.30. The number of carbonyl (C=O) groups excluding carboxylic acids is 1. The molecule has 4 heteroatoms. The van der Waals surface area contributed by atoms with Crippen molar-refractivity contribution in [3.05, 3.63) is 21.9 Å². The Morgan fingerprint density at radius 2 is 2.56 bits per heavy atom. The molecular weight excluding hydrogens is 244 g/mol. The van der Waals surface area contributed by atoms with Crippen LogP contribution in [0.15, 0.2) is 11.4 Å². The maximum absolute atomic E-state index is 12.2. The second-order valence-corrected chi connectivity index (χ2v) is 5.37. The van der Waals surface area contributed by atoms with Crippen LogP contribution >= 0.6 is 11.3 Å². The van der Waals surface area contributed by atoms with Gasteiger partial charge in [-0.1, -0.05) is 12.8 Å². The Labute approximate surface area is 112 Å². The largest absolute Gasteiger partial charge is 0.334 e. The van der Waals surface area contributed by atoms with Crippen LogP contribution in [0.3, 0.4) is 0 Å². The normalized spacial score (nSPS) is 18.2. The lowest BCUT2D eigenvalue weighted by Gasteiger charge is -2.35. The first kappa shape index (κ1) is 13.1. The Morgan fingerprint density at radius 1 is 1.72 bits per heavy atom. The molecule has 0 aliphatic carbocycles. The highest BCUT2D eigenvalue weighted by Gasteiger charge is 2.29. The predicted octanol–water partition coefficient (Wildman–Crippen LogP) is 1.81. The van der Waals surface area contributed by atoms with Gasteiger partial charge in [-0.15, -0.1) is 17.8 Å². The summed E-state index contributed by atoms with van der Waals surface area (Å²) in [7, 11) is 0. The fourth-order valence-electron chi connectivity index (χ4n) is 2.48. The van der Waals surface area contributed by atoms with E-state index in [1.165, 1.54) is 10.4 Å². The van der Waals surface area contributed by atoms with E-state index in [9.17, 15) is 4.79 Å². The van der Waals surface area contributed by atoms with Crippen molar-refractivity contribution in [3.63, 3.8) is 0 Å². The molecule has 1 amide bonds. The molecule has 0 fully saturated rings. The first-order valence-corrected chi connectivity index (χ1v) is 7.15. The Bertz CT molecular complexity index is 461. The quantitative estimate of drug-likeness (QED) is 0.663. The van der Waals surface area contributed by atoms with Crippen LogP contribution in [0, 0.1) is 12.3 Å². The predicted molar refractivity (Wildman–Crippen MR) is 74.5 cm³/mol. The van der Waals surface area contributed by atoms with E-state index in [1.54, 1.807) is 11.3 Å². The molecule has 1 aromatic heterocycles. The molecule has 0 saturated heterocycles. The third-order valence-electron chi connectivity index (χ3n) is 3.31. The van der Waals surface area contributed by atoms with Crippen molar-refractivity contribution in [1.29, 1.82) is 0 Å². The average Bonchev–Trinajstić information content (AvgIpc) is 2.85. The lowest BCUT2D eigenvalue weighted by molar-refractivity contribution is -0.133. The molecule has 1 atom stereocenters. The van der Waals surface area contributed by atoms with Gasteiger partial charge in [-0.3, -0.25) is 10.1 Å². The average molecular weight is 262 g/mol. The zero-order chi connectivity index (χ0) is 13.0. The second-order valence-electron chi connectivity index (χ2n) is 4.37. The molecule has 1 aliphatic rings. The van der Waals surface area contributed by atoms with Gasteiger partial charge in [0.2, 0.25) is 5.91 Å². The van der Waals surface area contributed by atoms with Gasteiger partial charge in [0.15, 0.2) is 0 Å². The van der Waals surface area contributed by atoms with E-state index in [1.807, 2.05) is 4.90 Å². The Morgan fingerprint density at radius 3 is 3.28 bits per heavy atom. The van der Waals surface area contributed by atoms with Gasteiger partial charge in [-0.05, 0) is 29.9 Å². The standard InChI is InChI=1S/C14H18N2OS/c1-3-7-15-10-14(17)16-8-5-13-11(6-9-18-13)12(16)4-2/h1,6,9,12,15H,4-5,7-8,10H2,2H3. The molecule has 0 saturated carbocycles. The highest BCUT2D eigenvalue weighted by Crippen LogP contribution is 2.34. The zero-order valence-electron chi connectivity index (χ0n) is 10.6. The third kappa shape index (κ3) is 2.58. The van der Waals surface area contributed by atoms with Crippen molar-refractivity contribution >= 4 is 17.2 Å². The van der Waals surface area contributed by atoms with Gasteiger partial charge in [0, 0.05) is 11.4 Å². The van der Waals surface area contributed by atoms with Crippen molar-refractivity contribution in [2.24, 2.45) is 0 Å². The number of amides is 1. The van der Waals surface area contributed by atoms with E-state index in [4.69, 9.17) is 6.42 Å². The summed E-state index contributed by atoms with van der Waals surface area (Å²) in [6.45, 7) is 3.73. The van der Waals surface area contributed by atoms with E-state index < -0.39 is 0 Å². The number of fused-ring (bicyclic) bond motifs is 1. The van der Waals surface area contributed by atoms with Crippen LogP contribution in [-0.2, 0) is 11.2 Å². The van der Waals surface area contributed by atoms with Crippen LogP contribution < -0.4 is 5.32 Å². The number of nitrogens with one attached hydrogen (secondary N) is 1. The van der Waals surface area contributed by atoms with E-state index in [0.717, 1.165) is 19.4 Å². The first-order chi connectivity index (χ1) is 8.77. The van der Waals surface area contributed by atoms with Crippen LogP contribution in [0.2, 0.25) is 0 Å². The van der Waals surface area contributed by atoms with Crippen LogP contribution in [0.25, 0.3) is 0 Å². The van der Waals surface area contributed by atoms with Gasteiger partial charge in [0.1, 0.15) is 0 Å². The van der Waals surface area contributed by atoms with Gasteiger partial charge in [-0.2, -0.15) is 0 Å². The SMILES string of the molecule is C#CCNCC(=O)N1CCc2sccc2C1CC. The zero-order valence-corrected chi connectivity index (χ0v) is 11.4. The molecule has 0 spiro atoms. The van der Waals surface area contributed by atoms with Gasteiger partial charge in [0.25, 0.3) is 0 Å². The molecule has 1 N–H and O–H groups in total. The molecule has 1 unspecified atom stereocenters. The summed E-state index contributed by atoms with van der Waals surface area (Å²) in [6, 6.07) is 2.39. The summed E-state index contributed by atoms with van der Waals surface area (Å²) in [5.41, 5.74) is 1.33. The minimum absolute atomic E-state index is 0.147. The maximum Gasteiger partial charge on any atom is 0.237 e. The van der Waals surface area contributed by atoms with Crippen molar-refractivity contribution in [2.75, 3.05) is 19.6 Å². The van der Waals surface area contributed by atoms with Crippen molar-refractivity contribution < 1.29 is 4.79 Å². The first-order valence-electron chi connectivity index (χ1n) is 6.27. The summed E-state index contributed by atoms with van der Waals surface area (Å²) < 4.78 is 0. The van der Waals surface area contributed by atoms with E-state index in [2.05, 4.69) is 29.6 Å². The Balaban J connectivity index is 2.06. The van der Waals surface area contributed by atoms with Gasteiger partial charge >= 0.3 is 0 Å². The second kappa shape index (κ2) is 6.03. The summed E-state index contributed by atoms with van der Waals surface area (Å²) in [6.07, 6.45) is 7.10. The number of rotatable bonds is 4. The summed E-state index contributed by atoms with van der Waals surface area (Å²) in [5.74, 6) is 2.63. The molecular formula is C14H18N2OS. The summed E-state index contributed by atoms with van der Waals surface area (Å²) in [4.78, 5) is 15.6. The Kier molecular flexibility index (Phi) is 4.40. The van der Waals surface area contributed by atoms with Gasteiger partial charge < -0.3 is 4.90 Å². The van der Waals surface area contributed by atoms with E-state index >= 15 is 0 Å². The monoisotopic (exact) mass is 262 g/mol. The Hall–Kier alpha value is -1.31. The smallest absolute Gasteiger partial charge is 0.237 e. The molecule has 1 aliphatic heterocycles. The molecule has 3 nitrogen and oxygen atoms in total. The maximum atomic E-state index is 12.2. The van der Waals surface area contributed by atoms with Crippen molar-refractivity contribution in [1.82, 2.24) is 10.2 Å². The van der Waals surface area contributed by atoms with Gasteiger partial charge in [-0.25, -0.2) is 0 Å². The molecule has 0 aromatic carbocycles. The molecule has 18 heavy (non-hydrogen) atoms. The molecule has 2 heterocycles. The highest BCUT2D eigenvalue weighted by molar-refractivity contribution is 7.10. The fraction of sp³-hybridized carbons (Fsp3) is 0.500. The number of nitrogens with zero attached hydrogens (tertiary/aromatic N) is 1. The molecule has 1 aromatic rings. The minimum Gasteiger partial charge on any atom is -0.334 e. The van der Waals surface area contributed by atoms with E-state index in [0.29, 0.717) is 13.1 Å². The van der Waals surface area contributed by atoms with Crippen LogP contribution in [0.1, 0.15) is 29.8 Å². The summed E-state index contributed by atoms with van der Waals surface area (Å²) >= 11 is 1.80. The van der Waals surface area contributed by atoms with Crippen molar-refractivity contribution in [2.45, 2.75) is 25.8 Å². The topological polar surface area (TPSA) is 32.3 Å². The van der Waals surface area contributed by atoms with E-state index in [-0.39, 0.29) is 11.9 Å². The number of carbonyl (C=O) groups is 1. The number of thiophene rings is 1. The molecule has 2 rings (SSSR count). The lowest BCUT2D eigenvalue weighted by atomic mass is 9.98. The molecule has 0 radical (unpaired) electrons. The van der Waals surface area contributed by atoms with Crippen LogP contribution in [0.5, 0.6) is 0 Å². The summed E-state index contributed by atoms with van der Waals surface area (Å²) in [5, 5.41) is 5.09. The number of hydrogen-bond donors (Lipinski definition) is 1. The van der Waals surface area contributed by atoms with Crippen LogP contribution in [0.4, 0.5) is 0 Å². The number of terminal acetylenes is 1. The molecule has 0 bridgehead atoms. The number of hydrogen-bond acceptors (Lipinski definition) is 3. The fourth-order valence-corrected chi connectivity index (χ4v) is 3.41. The van der Waals surface area contributed by atoms with Crippen molar-refractivity contribution in [3.8, 4) is 12.3 Å². The minimum atomic E-state index is 0.147.